The second kappa shape index (κ2) is 9.50. The van der Waals surface area contributed by atoms with Crippen LogP contribution in [-0.2, 0) is 9.47 Å². The van der Waals surface area contributed by atoms with Crippen LogP contribution in [0.4, 0.5) is 0 Å². The second-order valence-corrected chi connectivity index (χ2v) is 6.16. The van der Waals surface area contributed by atoms with Crippen LogP contribution < -0.4 is 9.47 Å². The van der Waals surface area contributed by atoms with Gasteiger partial charge < -0.3 is 18.9 Å². The number of ether oxygens (including phenoxy) is 4. The third-order valence-corrected chi connectivity index (χ3v) is 4.41. The van der Waals surface area contributed by atoms with Crippen molar-refractivity contribution in [3.8, 4) is 40.8 Å². The Morgan fingerprint density at radius 1 is 1.03 bits per heavy atom. The Balaban J connectivity index is 2.38. The van der Waals surface area contributed by atoms with Crippen LogP contribution in [0.3, 0.4) is 0 Å². The molecular weight excluding hydrogens is 400 g/mol. The van der Waals surface area contributed by atoms with Gasteiger partial charge in [0.05, 0.1) is 27.0 Å². The van der Waals surface area contributed by atoms with Gasteiger partial charge in [0.2, 0.25) is 0 Å². The highest BCUT2D eigenvalue weighted by Gasteiger charge is 2.32. The van der Waals surface area contributed by atoms with E-state index in [1.54, 1.807) is 42.5 Å². The lowest BCUT2D eigenvalue weighted by Gasteiger charge is -2.11. The summed E-state index contributed by atoms with van der Waals surface area (Å²) in [7, 11) is 3.94. The highest BCUT2D eigenvalue weighted by molar-refractivity contribution is 6.07. The maximum Gasteiger partial charge on any atom is 0.357 e. The molecule has 3 aromatic rings. The summed E-state index contributed by atoms with van der Waals surface area (Å²) in [5.74, 6) is 1.74. The van der Waals surface area contributed by atoms with Crippen LogP contribution in [0, 0.1) is 12.3 Å². The number of rotatable bonds is 7. The molecule has 0 saturated carbocycles. The van der Waals surface area contributed by atoms with Gasteiger partial charge in [-0.2, -0.15) is 5.10 Å². The molecule has 8 nitrogen and oxygen atoms in total. The maximum atomic E-state index is 12.8. The quantitative estimate of drug-likeness (QED) is 0.429. The van der Waals surface area contributed by atoms with Gasteiger partial charge >= 0.3 is 11.9 Å². The van der Waals surface area contributed by atoms with Crippen LogP contribution in [0.15, 0.2) is 48.5 Å². The molecule has 1 aromatic heterocycles. The van der Waals surface area contributed by atoms with Crippen LogP contribution in [0.2, 0.25) is 0 Å². The molecule has 0 bridgehead atoms. The third-order valence-electron chi connectivity index (χ3n) is 4.41. The normalized spacial score (nSPS) is 10.1. The number of terminal acetylenes is 1. The molecule has 0 aliphatic carbocycles. The highest BCUT2D eigenvalue weighted by atomic mass is 16.5. The minimum atomic E-state index is -0.761. The first-order valence-corrected chi connectivity index (χ1v) is 9.15. The van der Waals surface area contributed by atoms with Crippen molar-refractivity contribution in [1.82, 2.24) is 9.78 Å². The molecule has 158 valence electrons. The Morgan fingerprint density at radius 3 is 2.35 bits per heavy atom. The predicted molar refractivity (Wildman–Crippen MR) is 113 cm³/mol. The molecule has 0 aliphatic heterocycles. The fraction of sp³-hybridized carbons (Fsp3) is 0.174. The molecule has 0 spiro atoms. The van der Waals surface area contributed by atoms with Crippen molar-refractivity contribution >= 4 is 11.9 Å². The molecular formula is C23H20N2O6. The monoisotopic (exact) mass is 420 g/mol. The zero-order valence-corrected chi connectivity index (χ0v) is 17.2. The van der Waals surface area contributed by atoms with E-state index in [1.807, 2.05) is 6.07 Å². The number of carbonyl (C=O) groups excluding carboxylic acids is 2. The summed E-state index contributed by atoms with van der Waals surface area (Å²) in [4.78, 5) is 25.5. The maximum absolute atomic E-state index is 12.8. The first-order valence-electron chi connectivity index (χ1n) is 9.15. The molecule has 0 radical (unpaired) electrons. The summed E-state index contributed by atoms with van der Waals surface area (Å²) in [6.07, 6.45) is 5.33. The number of nitrogens with zero attached hydrogens (tertiary/aromatic N) is 2. The van der Waals surface area contributed by atoms with Crippen LogP contribution >= 0.6 is 0 Å². The number of benzene rings is 2. The Hall–Kier alpha value is -4.25. The third kappa shape index (κ3) is 4.21. The number of methoxy groups -OCH3 is 3. The van der Waals surface area contributed by atoms with E-state index in [0.29, 0.717) is 22.7 Å². The number of hydrogen-bond acceptors (Lipinski definition) is 7. The first kappa shape index (κ1) is 21.5. The van der Waals surface area contributed by atoms with Gasteiger partial charge in [-0.15, -0.1) is 6.42 Å². The molecule has 1 heterocycles. The standard InChI is InChI=1S/C23H20N2O6/c1-5-13-31-18-12-11-16(28-2)14-17(18)20-19(22(26)29-3)21(23(27)30-4)25(24-20)15-9-7-6-8-10-15/h1,6-12,14H,13H2,2-4H3. The lowest BCUT2D eigenvalue weighted by Crippen LogP contribution is -2.15. The van der Waals surface area contributed by atoms with Crippen LogP contribution in [-0.4, -0.2) is 49.7 Å². The number of para-hydroxylation sites is 1. The SMILES string of the molecule is C#CCOc1ccc(OC)cc1-c1nn(-c2ccccc2)c(C(=O)OC)c1C(=O)OC. The van der Waals surface area contributed by atoms with Gasteiger partial charge in [-0.05, 0) is 30.3 Å². The van der Waals surface area contributed by atoms with E-state index in [4.69, 9.17) is 25.4 Å². The van der Waals surface area contributed by atoms with E-state index in [1.165, 1.54) is 26.0 Å². The molecule has 8 heteroatoms. The van der Waals surface area contributed by atoms with E-state index in [9.17, 15) is 9.59 Å². The lowest BCUT2D eigenvalue weighted by molar-refractivity contribution is 0.0549. The smallest absolute Gasteiger partial charge is 0.357 e. The summed E-state index contributed by atoms with van der Waals surface area (Å²) in [5, 5.41) is 4.56. The minimum Gasteiger partial charge on any atom is -0.497 e. The van der Waals surface area contributed by atoms with Crippen molar-refractivity contribution < 1.29 is 28.5 Å². The van der Waals surface area contributed by atoms with E-state index in [0.717, 1.165) is 0 Å². The molecule has 0 unspecified atom stereocenters. The van der Waals surface area contributed by atoms with Gasteiger partial charge in [-0.25, -0.2) is 14.3 Å². The number of aromatic nitrogens is 2. The minimum absolute atomic E-state index is 0.00383. The molecule has 31 heavy (non-hydrogen) atoms. The predicted octanol–water partition coefficient (Wildman–Crippen LogP) is 3.13. The topological polar surface area (TPSA) is 88.9 Å². The number of carbonyl (C=O) groups is 2. The van der Waals surface area contributed by atoms with Gasteiger partial charge in [0.25, 0.3) is 0 Å². The van der Waals surface area contributed by atoms with Crippen molar-refractivity contribution in [1.29, 1.82) is 0 Å². The average molecular weight is 420 g/mol. The van der Waals surface area contributed by atoms with Crippen molar-refractivity contribution in [3.63, 3.8) is 0 Å². The van der Waals surface area contributed by atoms with E-state index in [-0.39, 0.29) is 23.6 Å². The summed E-state index contributed by atoms with van der Waals surface area (Å²) < 4.78 is 22.2. The Bertz CT molecular complexity index is 1140. The molecule has 0 aliphatic rings. The molecule has 0 saturated heterocycles. The second-order valence-electron chi connectivity index (χ2n) is 6.16. The molecule has 2 aromatic carbocycles. The number of hydrogen-bond donors (Lipinski definition) is 0. The fourth-order valence-electron chi connectivity index (χ4n) is 3.01. The highest BCUT2D eigenvalue weighted by Crippen LogP contribution is 2.37. The number of esters is 2. The lowest BCUT2D eigenvalue weighted by atomic mass is 10.0. The zero-order chi connectivity index (χ0) is 22.4. The Labute approximate surface area is 179 Å². The average Bonchev–Trinajstić information content (AvgIpc) is 3.22. The van der Waals surface area contributed by atoms with E-state index in [2.05, 4.69) is 11.0 Å². The van der Waals surface area contributed by atoms with Crippen molar-refractivity contribution in [2.45, 2.75) is 0 Å². The fourth-order valence-corrected chi connectivity index (χ4v) is 3.01. The van der Waals surface area contributed by atoms with Gasteiger partial charge in [-0.1, -0.05) is 24.1 Å². The summed E-state index contributed by atoms with van der Waals surface area (Å²) in [6.45, 7) is -0.00383. The summed E-state index contributed by atoms with van der Waals surface area (Å²) in [5.41, 5.74) is 0.948. The van der Waals surface area contributed by atoms with Crippen LogP contribution in [0.1, 0.15) is 20.8 Å². The van der Waals surface area contributed by atoms with E-state index < -0.39 is 11.9 Å². The molecule has 3 rings (SSSR count). The van der Waals surface area contributed by atoms with Crippen molar-refractivity contribution in [2.24, 2.45) is 0 Å². The molecule has 0 fully saturated rings. The van der Waals surface area contributed by atoms with Gasteiger partial charge in [0.15, 0.2) is 5.69 Å². The van der Waals surface area contributed by atoms with Crippen LogP contribution in [0.5, 0.6) is 11.5 Å². The molecule has 0 N–H and O–H groups in total. The van der Waals surface area contributed by atoms with Gasteiger partial charge in [0, 0.05) is 5.56 Å². The van der Waals surface area contributed by atoms with Gasteiger partial charge in [-0.3, -0.25) is 0 Å². The molecule has 0 amide bonds. The summed E-state index contributed by atoms with van der Waals surface area (Å²) >= 11 is 0. The largest absolute Gasteiger partial charge is 0.497 e. The Kier molecular flexibility index (Phi) is 6.58. The summed E-state index contributed by atoms with van der Waals surface area (Å²) in [6, 6.07) is 13.8. The Morgan fingerprint density at radius 2 is 1.74 bits per heavy atom. The molecule has 0 atom stereocenters. The van der Waals surface area contributed by atoms with Crippen molar-refractivity contribution in [2.75, 3.05) is 27.9 Å². The van der Waals surface area contributed by atoms with Crippen molar-refractivity contribution in [3.05, 3.63) is 59.8 Å². The van der Waals surface area contributed by atoms with Gasteiger partial charge in [0.1, 0.15) is 29.4 Å². The first-order chi connectivity index (χ1) is 15.0. The zero-order valence-electron chi connectivity index (χ0n) is 17.2. The van der Waals surface area contributed by atoms with Crippen LogP contribution in [0.25, 0.3) is 16.9 Å². The van der Waals surface area contributed by atoms with E-state index >= 15 is 0 Å².